The predicted octanol–water partition coefficient (Wildman–Crippen LogP) is 5.74. The summed E-state index contributed by atoms with van der Waals surface area (Å²) < 4.78 is 12.8. The van der Waals surface area contributed by atoms with E-state index < -0.39 is 0 Å². The molecule has 0 unspecified atom stereocenters. The van der Waals surface area contributed by atoms with Gasteiger partial charge in [-0.3, -0.25) is 5.32 Å². The van der Waals surface area contributed by atoms with Crippen LogP contribution in [0.4, 0.5) is 10.6 Å². The van der Waals surface area contributed by atoms with E-state index in [-0.39, 0.29) is 23.3 Å². The maximum atomic E-state index is 12.9. The van der Waals surface area contributed by atoms with E-state index in [1.807, 2.05) is 48.5 Å². The number of anilines is 1. The van der Waals surface area contributed by atoms with Gasteiger partial charge in [-0.2, -0.15) is 10.1 Å². The highest BCUT2D eigenvalue weighted by Crippen LogP contribution is 2.27. The number of urea groups is 1. The lowest BCUT2D eigenvalue weighted by Gasteiger charge is -2.14. The summed E-state index contributed by atoms with van der Waals surface area (Å²) in [6.07, 6.45) is 1.51. The summed E-state index contributed by atoms with van der Waals surface area (Å²) in [5.41, 5.74) is 2.20. The molecule has 9 nitrogen and oxygen atoms in total. The Hall–Kier alpha value is -4.11. The highest BCUT2D eigenvalue weighted by atomic mass is 35.5. The number of carbonyl (C=O) groups excluding carboxylic acids is 1. The van der Waals surface area contributed by atoms with Gasteiger partial charge in [-0.05, 0) is 41.9 Å². The highest BCUT2D eigenvalue weighted by Gasteiger charge is 2.21. The number of nitrogens with zero attached hydrogens (tertiary/aromatic N) is 4. The largest absolute Gasteiger partial charge is 0.497 e. The number of nitrogens with one attached hydrogen (secondary N) is 2. The molecule has 0 bridgehead atoms. The van der Waals surface area contributed by atoms with Crippen molar-refractivity contribution >= 4 is 23.4 Å². The number of ether oxygens (including phenoxy) is 2. The average Bonchev–Trinajstić information content (AvgIpc) is 3.28. The van der Waals surface area contributed by atoms with E-state index in [2.05, 4.69) is 41.4 Å². The minimum atomic E-state index is -0.384. The van der Waals surface area contributed by atoms with E-state index in [0.29, 0.717) is 17.4 Å². The number of amides is 2. The summed E-state index contributed by atoms with van der Waals surface area (Å²) in [6, 6.07) is 17.9. The molecule has 10 heteroatoms. The lowest BCUT2D eigenvalue weighted by atomic mass is 9.92. The Bertz CT molecular complexity index is 1350. The minimum absolute atomic E-state index is 0.0885. The highest BCUT2D eigenvalue weighted by molar-refractivity contribution is 6.28. The third-order valence-corrected chi connectivity index (χ3v) is 5.45. The van der Waals surface area contributed by atoms with Gasteiger partial charge in [0, 0.05) is 35.9 Å². The molecular formula is C26H27ClN6O3. The molecule has 0 aliphatic carbocycles. The molecule has 0 spiro atoms. The van der Waals surface area contributed by atoms with E-state index in [1.54, 1.807) is 23.9 Å². The molecule has 2 aromatic heterocycles. The van der Waals surface area contributed by atoms with Crippen molar-refractivity contribution in [3.63, 3.8) is 0 Å². The van der Waals surface area contributed by atoms with Crippen LogP contribution >= 0.6 is 11.6 Å². The van der Waals surface area contributed by atoms with Crippen LogP contribution in [-0.2, 0) is 12.0 Å². The van der Waals surface area contributed by atoms with Gasteiger partial charge < -0.3 is 14.8 Å². The zero-order valence-electron chi connectivity index (χ0n) is 20.4. The van der Waals surface area contributed by atoms with Gasteiger partial charge in [0.25, 0.3) is 0 Å². The Balaban J connectivity index is 1.50. The molecule has 186 valence electrons. The lowest BCUT2D eigenvalue weighted by molar-refractivity contribution is 0.251. The Morgan fingerprint density at radius 2 is 1.83 bits per heavy atom. The average molecular weight is 507 g/mol. The van der Waals surface area contributed by atoms with Crippen molar-refractivity contribution in [1.29, 1.82) is 0 Å². The molecule has 4 rings (SSSR count). The van der Waals surface area contributed by atoms with Gasteiger partial charge >= 0.3 is 6.03 Å². The molecule has 2 amide bonds. The molecule has 0 atom stereocenters. The van der Waals surface area contributed by atoms with Crippen molar-refractivity contribution in [3.8, 4) is 23.1 Å². The molecule has 2 heterocycles. The zero-order chi connectivity index (χ0) is 25.7. The molecule has 0 saturated carbocycles. The fourth-order valence-corrected chi connectivity index (χ4v) is 3.47. The van der Waals surface area contributed by atoms with E-state index >= 15 is 0 Å². The second kappa shape index (κ2) is 10.7. The SMILES string of the molecule is COc1ccc(-n2nc(C(C)(C)C)cc2NC(=O)NCc2ccccc2Oc2ccnc(Cl)n2)cc1. The summed E-state index contributed by atoms with van der Waals surface area (Å²) in [4.78, 5) is 20.8. The van der Waals surface area contributed by atoms with E-state index in [4.69, 9.17) is 26.2 Å². The Kier molecular flexibility index (Phi) is 7.40. The van der Waals surface area contributed by atoms with Gasteiger partial charge in [-0.15, -0.1) is 0 Å². The first-order valence-electron chi connectivity index (χ1n) is 11.3. The van der Waals surface area contributed by atoms with Crippen molar-refractivity contribution in [2.24, 2.45) is 0 Å². The summed E-state index contributed by atoms with van der Waals surface area (Å²) in [7, 11) is 1.61. The quantitative estimate of drug-likeness (QED) is 0.310. The maximum Gasteiger partial charge on any atom is 0.320 e. The molecule has 36 heavy (non-hydrogen) atoms. The molecule has 2 N–H and O–H groups in total. The van der Waals surface area contributed by atoms with Crippen molar-refractivity contribution < 1.29 is 14.3 Å². The third-order valence-electron chi connectivity index (χ3n) is 5.26. The lowest BCUT2D eigenvalue weighted by Crippen LogP contribution is -2.29. The molecule has 4 aromatic rings. The summed E-state index contributed by atoms with van der Waals surface area (Å²) in [6.45, 7) is 6.43. The second-order valence-electron chi connectivity index (χ2n) is 8.96. The number of rotatable bonds is 7. The van der Waals surface area contributed by atoms with Gasteiger partial charge in [0.15, 0.2) is 0 Å². The number of methoxy groups -OCH3 is 1. The third kappa shape index (κ3) is 6.11. The van der Waals surface area contributed by atoms with Crippen LogP contribution in [0.5, 0.6) is 17.4 Å². The van der Waals surface area contributed by atoms with Gasteiger partial charge in [0.1, 0.15) is 17.3 Å². The Labute approximate surface area is 214 Å². The van der Waals surface area contributed by atoms with Crippen LogP contribution in [0.2, 0.25) is 5.28 Å². The molecule has 0 aliphatic heterocycles. The predicted molar refractivity (Wildman–Crippen MR) is 138 cm³/mol. The number of carbonyl (C=O) groups is 1. The van der Waals surface area contributed by atoms with E-state index in [0.717, 1.165) is 22.7 Å². The number of hydrogen-bond acceptors (Lipinski definition) is 6. The molecule has 0 radical (unpaired) electrons. The minimum Gasteiger partial charge on any atom is -0.497 e. The molecule has 0 aliphatic rings. The van der Waals surface area contributed by atoms with Crippen molar-refractivity contribution in [1.82, 2.24) is 25.1 Å². The fourth-order valence-electron chi connectivity index (χ4n) is 3.33. The number of hydrogen-bond donors (Lipinski definition) is 2. The van der Waals surface area contributed by atoms with Crippen LogP contribution in [0.1, 0.15) is 32.0 Å². The van der Waals surface area contributed by atoms with Crippen LogP contribution in [-0.4, -0.2) is 32.9 Å². The van der Waals surface area contributed by atoms with Crippen LogP contribution in [0.3, 0.4) is 0 Å². The number of para-hydroxylation sites is 1. The monoisotopic (exact) mass is 506 g/mol. The maximum absolute atomic E-state index is 12.9. The summed E-state index contributed by atoms with van der Waals surface area (Å²) in [5, 5.41) is 10.6. The van der Waals surface area contributed by atoms with Gasteiger partial charge in [-0.1, -0.05) is 39.0 Å². The van der Waals surface area contributed by atoms with Crippen LogP contribution < -0.4 is 20.1 Å². The Morgan fingerprint density at radius 3 is 2.53 bits per heavy atom. The first-order chi connectivity index (χ1) is 17.2. The summed E-state index contributed by atoms with van der Waals surface area (Å²) in [5.74, 6) is 2.14. The van der Waals surface area contributed by atoms with Gasteiger partial charge in [-0.25, -0.2) is 14.5 Å². The van der Waals surface area contributed by atoms with Crippen LogP contribution in [0, 0.1) is 0 Å². The molecule has 0 saturated heterocycles. The molecule has 0 fully saturated rings. The van der Waals surface area contributed by atoms with Crippen LogP contribution in [0.25, 0.3) is 5.69 Å². The molecule has 2 aromatic carbocycles. The number of aromatic nitrogens is 4. The van der Waals surface area contributed by atoms with E-state index in [9.17, 15) is 4.79 Å². The first-order valence-corrected chi connectivity index (χ1v) is 11.6. The zero-order valence-corrected chi connectivity index (χ0v) is 21.2. The van der Waals surface area contributed by atoms with E-state index in [1.165, 1.54) is 6.20 Å². The van der Waals surface area contributed by atoms with Gasteiger partial charge in [0.05, 0.1) is 18.5 Å². The summed E-state index contributed by atoms with van der Waals surface area (Å²) >= 11 is 5.85. The smallest absolute Gasteiger partial charge is 0.320 e. The van der Waals surface area contributed by atoms with Crippen molar-refractivity contribution in [2.75, 3.05) is 12.4 Å². The number of benzene rings is 2. The topological polar surface area (TPSA) is 103 Å². The Morgan fingerprint density at radius 1 is 1.08 bits per heavy atom. The van der Waals surface area contributed by atoms with Gasteiger partial charge in [0.2, 0.25) is 11.2 Å². The standard InChI is InChI=1S/C26H27ClN6O3/c1-26(2,3)21-15-22(33(32-21)18-9-11-19(35-4)12-10-18)30-25(34)29-16-17-7-5-6-8-20(17)36-23-13-14-28-24(27)31-23/h5-15H,16H2,1-4H3,(H2,29,30,34). The second-order valence-corrected chi connectivity index (χ2v) is 9.29. The van der Waals surface area contributed by atoms with Crippen molar-refractivity contribution in [3.05, 3.63) is 83.4 Å². The molecular weight excluding hydrogens is 480 g/mol. The number of halogens is 1. The van der Waals surface area contributed by atoms with Crippen LogP contribution in [0.15, 0.2) is 66.9 Å². The fraction of sp³-hybridized carbons (Fsp3) is 0.231. The van der Waals surface area contributed by atoms with Crippen molar-refractivity contribution in [2.45, 2.75) is 32.7 Å². The first kappa shape index (κ1) is 25.0. The normalized spacial score (nSPS) is 11.1.